The van der Waals surface area contributed by atoms with Gasteiger partial charge in [0.25, 0.3) is 0 Å². The molecule has 0 radical (unpaired) electrons. The lowest BCUT2D eigenvalue weighted by Gasteiger charge is -2.07. The molecule has 0 saturated carbocycles. The molecular weight excluding hydrogens is 232 g/mol. The molecular formula is C17H14N2. The smallest absolute Gasteiger partial charge is 0.0384 e. The molecule has 3 rings (SSSR count). The molecule has 1 N–H and O–H groups in total. The highest BCUT2D eigenvalue weighted by atomic mass is 14.9. The number of nitrogens with one attached hydrogen (secondary N) is 1. The van der Waals surface area contributed by atoms with E-state index in [0.29, 0.717) is 0 Å². The van der Waals surface area contributed by atoms with E-state index in [4.69, 9.17) is 0 Å². The van der Waals surface area contributed by atoms with Crippen LogP contribution in [0.25, 0.3) is 11.1 Å². The second kappa shape index (κ2) is 5.36. The van der Waals surface area contributed by atoms with Crippen molar-refractivity contribution in [2.45, 2.75) is 0 Å². The van der Waals surface area contributed by atoms with Gasteiger partial charge in [-0.1, -0.05) is 30.3 Å². The number of hydrogen-bond acceptors (Lipinski definition) is 2. The van der Waals surface area contributed by atoms with Crippen molar-refractivity contribution in [2.75, 3.05) is 5.32 Å². The van der Waals surface area contributed by atoms with Crippen molar-refractivity contribution in [2.24, 2.45) is 0 Å². The number of pyridine rings is 1. The molecule has 92 valence electrons. The van der Waals surface area contributed by atoms with Gasteiger partial charge in [0.15, 0.2) is 0 Å². The second-order valence-electron chi connectivity index (χ2n) is 4.30. The topological polar surface area (TPSA) is 24.9 Å². The first-order valence-electron chi connectivity index (χ1n) is 6.24. The van der Waals surface area contributed by atoms with Crippen LogP contribution in [0.15, 0.2) is 79.1 Å². The largest absolute Gasteiger partial charge is 0.356 e. The van der Waals surface area contributed by atoms with Crippen LogP contribution in [0.1, 0.15) is 0 Å². The average molecular weight is 246 g/mol. The molecule has 2 aromatic carbocycles. The lowest BCUT2D eigenvalue weighted by molar-refractivity contribution is 1.33. The Hall–Kier alpha value is -2.61. The monoisotopic (exact) mass is 246 g/mol. The van der Waals surface area contributed by atoms with E-state index >= 15 is 0 Å². The zero-order valence-corrected chi connectivity index (χ0v) is 10.5. The first kappa shape index (κ1) is 11.5. The Morgan fingerprint density at radius 2 is 1.16 bits per heavy atom. The van der Waals surface area contributed by atoms with E-state index in [1.807, 2.05) is 42.7 Å². The van der Waals surface area contributed by atoms with Crippen LogP contribution in [0.4, 0.5) is 11.4 Å². The van der Waals surface area contributed by atoms with Gasteiger partial charge in [-0.25, -0.2) is 0 Å². The molecule has 0 atom stereocenters. The maximum absolute atomic E-state index is 4.03. The third-order valence-electron chi connectivity index (χ3n) is 2.96. The minimum absolute atomic E-state index is 1.09. The van der Waals surface area contributed by atoms with Crippen LogP contribution in [0.2, 0.25) is 0 Å². The summed E-state index contributed by atoms with van der Waals surface area (Å²) in [6, 6.07) is 22.6. The van der Waals surface area contributed by atoms with E-state index in [1.165, 1.54) is 11.1 Å². The van der Waals surface area contributed by atoms with Gasteiger partial charge in [0.1, 0.15) is 0 Å². The number of benzene rings is 2. The molecule has 0 bridgehead atoms. The fourth-order valence-corrected chi connectivity index (χ4v) is 1.98. The quantitative estimate of drug-likeness (QED) is 0.736. The molecule has 19 heavy (non-hydrogen) atoms. The molecule has 1 aromatic heterocycles. The second-order valence-corrected chi connectivity index (χ2v) is 4.30. The van der Waals surface area contributed by atoms with Gasteiger partial charge in [-0.15, -0.1) is 0 Å². The zero-order chi connectivity index (χ0) is 12.9. The van der Waals surface area contributed by atoms with Crippen molar-refractivity contribution in [1.82, 2.24) is 4.98 Å². The third-order valence-corrected chi connectivity index (χ3v) is 2.96. The highest BCUT2D eigenvalue weighted by Gasteiger charge is 1.97. The molecule has 0 aliphatic heterocycles. The van der Waals surface area contributed by atoms with Gasteiger partial charge in [0, 0.05) is 23.8 Å². The van der Waals surface area contributed by atoms with Gasteiger partial charge in [-0.2, -0.15) is 0 Å². The van der Waals surface area contributed by atoms with Crippen molar-refractivity contribution in [3.05, 3.63) is 79.1 Å². The number of rotatable bonds is 3. The van der Waals surface area contributed by atoms with Gasteiger partial charge >= 0.3 is 0 Å². The summed E-state index contributed by atoms with van der Waals surface area (Å²) in [6.45, 7) is 0. The van der Waals surface area contributed by atoms with Crippen LogP contribution in [-0.2, 0) is 0 Å². The van der Waals surface area contributed by atoms with Crippen LogP contribution in [0.3, 0.4) is 0 Å². The Bertz CT molecular complexity index is 631. The van der Waals surface area contributed by atoms with E-state index in [-0.39, 0.29) is 0 Å². The Labute approximate surface area is 112 Å². The van der Waals surface area contributed by atoms with E-state index in [2.05, 4.69) is 46.7 Å². The first-order valence-corrected chi connectivity index (χ1v) is 6.24. The standard InChI is InChI=1S/C17H14N2/c1-2-4-16(5-3-1)19-17-8-6-14(7-9-17)15-10-12-18-13-11-15/h1-13,19H. The van der Waals surface area contributed by atoms with Gasteiger partial charge in [-0.3, -0.25) is 4.98 Å². The molecule has 3 aromatic rings. The molecule has 0 spiro atoms. The van der Waals surface area contributed by atoms with Crippen LogP contribution in [-0.4, -0.2) is 4.98 Å². The first-order chi connectivity index (χ1) is 9.42. The summed E-state index contributed by atoms with van der Waals surface area (Å²) >= 11 is 0. The van der Waals surface area contributed by atoms with E-state index < -0.39 is 0 Å². The highest BCUT2D eigenvalue weighted by Crippen LogP contribution is 2.22. The molecule has 1 heterocycles. The maximum atomic E-state index is 4.03. The number of aromatic nitrogens is 1. The van der Waals surface area contributed by atoms with Gasteiger partial charge in [-0.05, 0) is 47.5 Å². The minimum atomic E-state index is 1.09. The Morgan fingerprint density at radius 1 is 0.579 bits per heavy atom. The predicted molar refractivity (Wildman–Crippen MR) is 79.4 cm³/mol. The van der Waals surface area contributed by atoms with Crippen LogP contribution in [0, 0.1) is 0 Å². The summed E-state index contributed by atoms with van der Waals surface area (Å²) in [5.74, 6) is 0. The number of nitrogens with zero attached hydrogens (tertiary/aromatic N) is 1. The fourth-order valence-electron chi connectivity index (χ4n) is 1.98. The molecule has 0 unspecified atom stereocenters. The van der Waals surface area contributed by atoms with Gasteiger partial charge in [0.05, 0.1) is 0 Å². The van der Waals surface area contributed by atoms with Crippen molar-refractivity contribution in [3.63, 3.8) is 0 Å². The molecule has 0 aliphatic carbocycles. The van der Waals surface area contributed by atoms with Gasteiger partial charge in [0.2, 0.25) is 0 Å². The Morgan fingerprint density at radius 3 is 1.84 bits per heavy atom. The molecule has 0 aliphatic rings. The molecule has 0 saturated heterocycles. The van der Waals surface area contributed by atoms with Crippen molar-refractivity contribution in [1.29, 1.82) is 0 Å². The lowest BCUT2D eigenvalue weighted by atomic mass is 10.1. The summed E-state index contributed by atoms with van der Waals surface area (Å²) in [5.41, 5.74) is 4.56. The minimum Gasteiger partial charge on any atom is -0.356 e. The SMILES string of the molecule is c1ccc(Nc2ccc(-c3ccncc3)cc2)cc1. The lowest BCUT2D eigenvalue weighted by Crippen LogP contribution is -1.89. The summed E-state index contributed by atoms with van der Waals surface area (Å²) < 4.78 is 0. The summed E-state index contributed by atoms with van der Waals surface area (Å²) in [7, 11) is 0. The molecule has 2 nitrogen and oxygen atoms in total. The van der Waals surface area contributed by atoms with E-state index in [0.717, 1.165) is 11.4 Å². The zero-order valence-electron chi connectivity index (χ0n) is 10.5. The van der Waals surface area contributed by atoms with Crippen LogP contribution < -0.4 is 5.32 Å². The maximum Gasteiger partial charge on any atom is 0.0384 e. The van der Waals surface area contributed by atoms with Crippen molar-refractivity contribution >= 4 is 11.4 Å². The highest BCUT2D eigenvalue weighted by molar-refractivity contribution is 5.67. The fraction of sp³-hybridized carbons (Fsp3) is 0. The van der Waals surface area contributed by atoms with Gasteiger partial charge < -0.3 is 5.32 Å². The van der Waals surface area contributed by atoms with Crippen LogP contribution in [0.5, 0.6) is 0 Å². The predicted octanol–water partition coefficient (Wildman–Crippen LogP) is 4.49. The number of anilines is 2. The summed E-state index contributed by atoms with van der Waals surface area (Å²) in [5, 5.41) is 3.37. The van der Waals surface area contributed by atoms with E-state index in [9.17, 15) is 0 Å². The normalized spacial score (nSPS) is 10.1. The molecule has 2 heteroatoms. The van der Waals surface area contributed by atoms with Crippen molar-refractivity contribution < 1.29 is 0 Å². The Kier molecular flexibility index (Phi) is 3.24. The molecule has 0 amide bonds. The Balaban J connectivity index is 1.80. The van der Waals surface area contributed by atoms with Crippen LogP contribution >= 0.6 is 0 Å². The number of hydrogen-bond donors (Lipinski definition) is 1. The molecule has 0 fully saturated rings. The number of para-hydroxylation sites is 1. The summed E-state index contributed by atoms with van der Waals surface area (Å²) in [4.78, 5) is 4.03. The third kappa shape index (κ3) is 2.80. The summed E-state index contributed by atoms with van der Waals surface area (Å²) in [6.07, 6.45) is 3.62. The average Bonchev–Trinajstić information content (AvgIpc) is 2.50. The van der Waals surface area contributed by atoms with E-state index in [1.54, 1.807) is 0 Å². The van der Waals surface area contributed by atoms with Crippen molar-refractivity contribution in [3.8, 4) is 11.1 Å².